The van der Waals surface area contributed by atoms with Gasteiger partial charge in [0, 0.05) is 33.7 Å². The zero-order chi connectivity index (χ0) is 13.4. The second-order valence-electron chi connectivity index (χ2n) is 5.36. The Kier molecular flexibility index (Phi) is 3.76. The Hall–Kier alpha value is -0.680. The predicted molar refractivity (Wildman–Crippen MR) is 81.6 cm³/mol. The highest BCUT2D eigenvalue weighted by Crippen LogP contribution is 2.42. The molecule has 0 saturated carbocycles. The minimum atomic E-state index is -0.263. The van der Waals surface area contributed by atoms with Crippen molar-refractivity contribution in [3.63, 3.8) is 0 Å². The lowest BCUT2D eigenvalue weighted by Gasteiger charge is -2.43. The summed E-state index contributed by atoms with van der Waals surface area (Å²) < 4.78 is 0. The molecular formula is C15H19NOS2. The molecule has 102 valence electrons. The summed E-state index contributed by atoms with van der Waals surface area (Å²) in [4.78, 5) is 2.64. The van der Waals surface area contributed by atoms with Crippen LogP contribution in [-0.2, 0) is 0 Å². The van der Waals surface area contributed by atoms with Gasteiger partial charge in [-0.25, -0.2) is 0 Å². The molecule has 1 aliphatic heterocycles. The Balaban J connectivity index is 1.91. The summed E-state index contributed by atoms with van der Waals surface area (Å²) in [5.41, 5.74) is 0. The number of hydrogen-bond acceptors (Lipinski definition) is 4. The predicted octanol–water partition coefficient (Wildman–Crippen LogP) is 3.83. The molecule has 3 heterocycles. The summed E-state index contributed by atoms with van der Waals surface area (Å²) in [6.45, 7) is 4.28. The van der Waals surface area contributed by atoms with Crippen LogP contribution in [0.15, 0.2) is 35.0 Å². The van der Waals surface area contributed by atoms with E-state index in [0.29, 0.717) is 0 Å². The van der Waals surface area contributed by atoms with Gasteiger partial charge in [0.15, 0.2) is 0 Å². The van der Waals surface area contributed by atoms with Crippen molar-refractivity contribution in [1.82, 2.24) is 5.32 Å². The van der Waals surface area contributed by atoms with Gasteiger partial charge >= 0.3 is 0 Å². The zero-order valence-electron chi connectivity index (χ0n) is 11.1. The van der Waals surface area contributed by atoms with Gasteiger partial charge in [0.25, 0.3) is 0 Å². The van der Waals surface area contributed by atoms with Gasteiger partial charge in [-0.3, -0.25) is 0 Å². The second-order valence-corrected chi connectivity index (χ2v) is 7.32. The third-order valence-electron chi connectivity index (χ3n) is 4.19. The molecule has 2 aromatic rings. The topological polar surface area (TPSA) is 32.3 Å². The zero-order valence-corrected chi connectivity index (χ0v) is 12.7. The summed E-state index contributed by atoms with van der Waals surface area (Å²) in [5, 5.41) is 18.5. The van der Waals surface area contributed by atoms with Gasteiger partial charge in [-0.1, -0.05) is 26.0 Å². The summed E-state index contributed by atoms with van der Waals surface area (Å²) in [5.74, 6) is 0.481. The number of rotatable bonds is 2. The van der Waals surface area contributed by atoms with Crippen LogP contribution >= 0.6 is 22.7 Å². The number of aliphatic hydroxyl groups is 1. The summed E-state index contributed by atoms with van der Waals surface area (Å²) in [6.07, 6.45) is -0.263. The van der Waals surface area contributed by atoms with E-state index in [1.165, 1.54) is 9.75 Å². The lowest BCUT2D eigenvalue weighted by Crippen LogP contribution is -2.48. The minimum absolute atomic E-state index is 0.241. The highest BCUT2D eigenvalue weighted by Gasteiger charge is 2.40. The molecule has 1 fully saturated rings. The van der Waals surface area contributed by atoms with Crippen molar-refractivity contribution >= 4 is 22.7 Å². The molecule has 1 aliphatic rings. The number of nitrogens with one attached hydrogen (secondary N) is 1. The fraction of sp³-hybridized carbons (Fsp3) is 0.467. The number of piperidine rings is 1. The summed E-state index contributed by atoms with van der Waals surface area (Å²) >= 11 is 3.53. The second kappa shape index (κ2) is 5.37. The molecule has 4 heteroatoms. The van der Waals surface area contributed by atoms with Crippen LogP contribution < -0.4 is 5.32 Å². The normalized spacial score (nSPS) is 35.4. The van der Waals surface area contributed by atoms with Gasteiger partial charge in [-0.2, -0.15) is 0 Å². The molecule has 1 unspecified atom stereocenters. The van der Waals surface area contributed by atoms with Crippen LogP contribution in [0.1, 0.15) is 35.7 Å². The lowest BCUT2D eigenvalue weighted by molar-refractivity contribution is -0.00521. The summed E-state index contributed by atoms with van der Waals surface area (Å²) in [6, 6.07) is 8.98. The van der Waals surface area contributed by atoms with Crippen LogP contribution in [-0.4, -0.2) is 11.2 Å². The molecular weight excluding hydrogens is 274 g/mol. The average molecular weight is 293 g/mol. The maximum Gasteiger partial charge on any atom is 0.0628 e. The maximum absolute atomic E-state index is 10.6. The van der Waals surface area contributed by atoms with Crippen molar-refractivity contribution < 1.29 is 5.11 Å². The minimum Gasteiger partial charge on any atom is -0.392 e. The highest BCUT2D eigenvalue weighted by atomic mass is 32.1. The van der Waals surface area contributed by atoms with Crippen molar-refractivity contribution in [2.75, 3.05) is 0 Å². The molecule has 1 saturated heterocycles. The highest BCUT2D eigenvalue weighted by molar-refractivity contribution is 7.10. The Morgan fingerprint density at radius 2 is 1.42 bits per heavy atom. The van der Waals surface area contributed by atoms with Gasteiger partial charge in [-0.15, -0.1) is 22.7 Å². The van der Waals surface area contributed by atoms with E-state index < -0.39 is 0 Å². The molecule has 2 aromatic heterocycles. The van der Waals surface area contributed by atoms with Gasteiger partial charge in [0.1, 0.15) is 0 Å². The monoisotopic (exact) mass is 293 g/mol. The largest absolute Gasteiger partial charge is 0.392 e. The molecule has 5 atom stereocenters. The number of aliphatic hydroxyl groups excluding tert-OH is 1. The van der Waals surface area contributed by atoms with Crippen LogP contribution in [0.25, 0.3) is 0 Å². The van der Waals surface area contributed by atoms with Crippen LogP contribution in [0.3, 0.4) is 0 Å². The smallest absolute Gasteiger partial charge is 0.0628 e. The summed E-state index contributed by atoms with van der Waals surface area (Å²) in [7, 11) is 0. The Morgan fingerprint density at radius 1 is 0.947 bits per heavy atom. The molecule has 0 spiro atoms. The van der Waals surface area contributed by atoms with Gasteiger partial charge < -0.3 is 10.4 Å². The number of thiophene rings is 2. The number of hydrogen-bond donors (Lipinski definition) is 2. The first-order valence-corrected chi connectivity index (χ1v) is 8.45. The fourth-order valence-corrected chi connectivity index (χ4v) is 4.79. The third kappa shape index (κ3) is 2.38. The van der Waals surface area contributed by atoms with Crippen LogP contribution in [0, 0.1) is 11.8 Å². The van der Waals surface area contributed by atoms with Crippen molar-refractivity contribution in [1.29, 1.82) is 0 Å². The van der Waals surface area contributed by atoms with Gasteiger partial charge in [-0.05, 0) is 22.9 Å². The van der Waals surface area contributed by atoms with E-state index in [9.17, 15) is 5.11 Å². The van der Waals surface area contributed by atoms with Crippen molar-refractivity contribution in [2.24, 2.45) is 11.8 Å². The van der Waals surface area contributed by atoms with Crippen molar-refractivity contribution in [3.8, 4) is 0 Å². The lowest BCUT2D eigenvalue weighted by atomic mass is 9.78. The van der Waals surface area contributed by atoms with Gasteiger partial charge in [0.05, 0.1) is 6.10 Å². The van der Waals surface area contributed by atoms with Gasteiger partial charge in [0.2, 0.25) is 0 Å². The fourth-order valence-electron chi connectivity index (χ4n) is 2.99. The first-order valence-electron chi connectivity index (χ1n) is 6.69. The molecule has 0 amide bonds. The van der Waals surface area contributed by atoms with E-state index in [1.807, 2.05) is 0 Å². The Labute approximate surface area is 122 Å². The first-order chi connectivity index (χ1) is 9.18. The molecule has 19 heavy (non-hydrogen) atoms. The van der Waals surface area contributed by atoms with E-state index in [-0.39, 0.29) is 30.0 Å². The quantitative estimate of drug-likeness (QED) is 0.882. The van der Waals surface area contributed by atoms with E-state index in [2.05, 4.69) is 54.2 Å². The molecule has 2 N–H and O–H groups in total. The molecule has 0 bridgehead atoms. The van der Waals surface area contributed by atoms with E-state index in [0.717, 1.165) is 0 Å². The van der Waals surface area contributed by atoms with Crippen LogP contribution in [0.2, 0.25) is 0 Å². The third-order valence-corrected chi connectivity index (χ3v) is 6.10. The van der Waals surface area contributed by atoms with E-state index in [4.69, 9.17) is 0 Å². The van der Waals surface area contributed by atoms with E-state index >= 15 is 0 Å². The first kappa shape index (κ1) is 13.3. The SMILES string of the molecule is C[C@@H]1C(O)[C@H](C)[C@H](c2cccs2)N[C@@H]1c1cccs1. The van der Waals surface area contributed by atoms with E-state index in [1.54, 1.807) is 22.7 Å². The van der Waals surface area contributed by atoms with Crippen LogP contribution in [0.4, 0.5) is 0 Å². The Bertz CT molecular complexity index is 462. The van der Waals surface area contributed by atoms with Crippen molar-refractivity contribution in [3.05, 3.63) is 44.8 Å². The standard InChI is InChI=1S/C15H19NOS2/c1-9-13(11-5-3-7-18-11)16-14(10(2)15(9)17)12-6-4-8-19-12/h3-10,13-17H,1-2H3/t9-,10+,13-,14+,15?. The molecule has 3 rings (SSSR count). The molecule has 0 radical (unpaired) electrons. The molecule has 2 nitrogen and oxygen atoms in total. The molecule has 0 aromatic carbocycles. The average Bonchev–Trinajstić information content (AvgIpc) is 3.08. The Morgan fingerprint density at radius 3 is 1.79 bits per heavy atom. The molecule has 0 aliphatic carbocycles. The maximum atomic E-state index is 10.6. The van der Waals surface area contributed by atoms with Crippen molar-refractivity contribution in [2.45, 2.75) is 32.0 Å². The van der Waals surface area contributed by atoms with Crippen LogP contribution in [0.5, 0.6) is 0 Å².